The van der Waals surface area contributed by atoms with Crippen LogP contribution in [0, 0.1) is 5.92 Å². The van der Waals surface area contributed by atoms with Crippen LogP contribution in [0.15, 0.2) is 11.1 Å². The van der Waals surface area contributed by atoms with E-state index in [2.05, 4.69) is 0 Å². The van der Waals surface area contributed by atoms with Crippen molar-refractivity contribution in [2.45, 2.75) is 45.4 Å². The fourth-order valence-corrected chi connectivity index (χ4v) is 2.38. The van der Waals surface area contributed by atoms with Crippen molar-refractivity contribution in [1.82, 2.24) is 0 Å². The predicted molar refractivity (Wildman–Crippen MR) is 48.9 cm³/mol. The van der Waals surface area contributed by atoms with Crippen LogP contribution in [0.3, 0.4) is 0 Å². The number of ketones is 1. The van der Waals surface area contributed by atoms with Gasteiger partial charge in [-0.15, -0.1) is 0 Å². The highest BCUT2D eigenvalue weighted by Gasteiger charge is 2.29. The lowest BCUT2D eigenvalue weighted by atomic mass is 9.74. The zero-order valence-corrected chi connectivity index (χ0v) is 7.23. The SMILES string of the molecule is [2H]C([2H])([2H])C1=C2C(=O)CCCC2CCC1. The molecular formula is C11H16O. The molecule has 0 N–H and O–H groups in total. The maximum Gasteiger partial charge on any atom is 0.159 e. The minimum atomic E-state index is -2.05. The molecule has 1 fully saturated rings. The summed E-state index contributed by atoms with van der Waals surface area (Å²) in [5, 5.41) is 0. The predicted octanol–water partition coefficient (Wildman–Crippen LogP) is 2.86. The Morgan fingerprint density at radius 3 is 2.83 bits per heavy atom. The Hall–Kier alpha value is -0.590. The van der Waals surface area contributed by atoms with Crippen LogP contribution < -0.4 is 0 Å². The molecule has 2 aliphatic rings. The van der Waals surface area contributed by atoms with Crippen molar-refractivity contribution in [2.75, 3.05) is 0 Å². The van der Waals surface area contributed by atoms with E-state index in [9.17, 15) is 4.79 Å². The van der Waals surface area contributed by atoms with Crippen LogP contribution in [0.1, 0.15) is 49.5 Å². The van der Waals surface area contributed by atoms with Gasteiger partial charge in [0.15, 0.2) is 5.78 Å². The van der Waals surface area contributed by atoms with Gasteiger partial charge in [-0.05, 0) is 50.4 Å². The van der Waals surface area contributed by atoms with E-state index in [0.717, 1.165) is 25.7 Å². The molecule has 0 spiro atoms. The summed E-state index contributed by atoms with van der Waals surface area (Å²) in [6, 6.07) is 0. The van der Waals surface area contributed by atoms with Crippen molar-refractivity contribution in [3.8, 4) is 0 Å². The number of allylic oxidation sites excluding steroid dienone is 2. The topological polar surface area (TPSA) is 17.1 Å². The average Bonchev–Trinajstić information content (AvgIpc) is 2.16. The van der Waals surface area contributed by atoms with Crippen molar-refractivity contribution in [3.05, 3.63) is 11.1 Å². The molecule has 0 bridgehead atoms. The normalized spacial score (nSPS) is 35.2. The number of hydrogen-bond acceptors (Lipinski definition) is 1. The van der Waals surface area contributed by atoms with Gasteiger partial charge in [0.25, 0.3) is 0 Å². The van der Waals surface area contributed by atoms with Gasteiger partial charge in [0.05, 0.1) is 0 Å². The highest BCUT2D eigenvalue weighted by Crippen LogP contribution is 2.37. The molecule has 0 aromatic heterocycles. The molecule has 2 aliphatic carbocycles. The Bertz CT molecular complexity index is 314. The molecule has 0 saturated heterocycles. The maximum atomic E-state index is 11.8. The number of carbonyl (C=O) groups is 1. The Balaban J connectivity index is 2.42. The van der Waals surface area contributed by atoms with E-state index < -0.39 is 6.85 Å². The van der Waals surface area contributed by atoms with Gasteiger partial charge in [-0.2, -0.15) is 0 Å². The molecule has 1 saturated carbocycles. The van der Waals surface area contributed by atoms with E-state index in [4.69, 9.17) is 4.11 Å². The van der Waals surface area contributed by atoms with E-state index in [1.807, 2.05) is 0 Å². The van der Waals surface area contributed by atoms with Crippen molar-refractivity contribution >= 4 is 5.78 Å². The van der Waals surface area contributed by atoms with Crippen molar-refractivity contribution in [2.24, 2.45) is 5.92 Å². The molecule has 2 rings (SSSR count). The van der Waals surface area contributed by atoms with E-state index >= 15 is 0 Å². The molecule has 0 aliphatic heterocycles. The summed E-state index contributed by atoms with van der Waals surface area (Å²) in [5.74, 6) is 0.340. The minimum Gasteiger partial charge on any atom is -0.295 e. The lowest BCUT2D eigenvalue weighted by Gasteiger charge is -2.30. The van der Waals surface area contributed by atoms with Crippen molar-refractivity contribution < 1.29 is 8.91 Å². The molecule has 0 radical (unpaired) electrons. The van der Waals surface area contributed by atoms with Crippen LogP contribution in [0.4, 0.5) is 0 Å². The third-order valence-electron chi connectivity index (χ3n) is 2.97. The Kier molecular flexibility index (Phi) is 1.32. The van der Waals surface area contributed by atoms with Gasteiger partial charge < -0.3 is 0 Å². The van der Waals surface area contributed by atoms with Gasteiger partial charge in [0.2, 0.25) is 0 Å². The van der Waals surface area contributed by atoms with Gasteiger partial charge in [-0.3, -0.25) is 4.79 Å². The van der Waals surface area contributed by atoms with Gasteiger partial charge in [-0.1, -0.05) is 5.57 Å². The zero-order valence-electron chi connectivity index (χ0n) is 10.2. The molecule has 0 aromatic rings. The molecule has 1 atom stereocenters. The molecule has 0 aromatic carbocycles. The van der Waals surface area contributed by atoms with E-state index in [1.165, 1.54) is 0 Å². The van der Waals surface area contributed by atoms with Crippen LogP contribution in [0.2, 0.25) is 0 Å². The first-order valence-corrected chi connectivity index (χ1v) is 4.77. The molecule has 1 heteroatoms. The second kappa shape index (κ2) is 3.04. The molecule has 0 heterocycles. The largest absolute Gasteiger partial charge is 0.295 e. The first kappa shape index (κ1) is 5.21. The first-order chi connectivity index (χ1) is 7.00. The summed E-state index contributed by atoms with van der Waals surface area (Å²) in [5.41, 5.74) is 1.14. The first-order valence-electron chi connectivity index (χ1n) is 6.27. The third kappa shape index (κ3) is 1.21. The average molecular weight is 167 g/mol. The Morgan fingerprint density at radius 2 is 2.08 bits per heavy atom. The summed E-state index contributed by atoms with van der Waals surface area (Å²) < 4.78 is 22.4. The second-order valence-electron chi connectivity index (χ2n) is 3.80. The summed E-state index contributed by atoms with van der Waals surface area (Å²) in [6.45, 7) is -2.05. The van der Waals surface area contributed by atoms with Gasteiger partial charge >= 0.3 is 0 Å². The highest BCUT2D eigenvalue weighted by molar-refractivity contribution is 5.97. The third-order valence-corrected chi connectivity index (χ3v) is 2.97. The summed E-state index contributed by atoms with van der Waals surface area (Å²) in [4.78, 5) is 11.8. The van der Waals surface area contributed by atoms with Gasteiger partial charge in [0, 0.05) is 10.5 Å². The van der Waals surface area contributed by atoms with Crippen LogP contribution in [-0.4, -0.2) is 5.78 Å². The van der Waals surface area contributed by atoms with Crippen molar-refractivity contribution in [1.29, 1.82) is 0 Å². The molecule has 1 unspecified atom stereocenters. The molecule has 12 heavy (non-hydrogen) atoms. The van der Waals surface area contributed by atoms with E-state index in [0.29, 0.717) is 24.0 Å². The van der Waals surface area contributed by atoms with E-state index in [-0.39, 0.29) is 11.7 Å². The van der Waals surface area contributed by atoms with Crippen LogP contribution in [-0.2, 0) is 4.79 Å². The monoisotopic (exact) mass is 167 g/mol. The van der Waals surface area contributed by atoms with Gasteiger partial charge in [0.1, 0.15) is 0 Å². The van der Waals surface area contributed by atoms with Gasteiger partial charge in [-0.25, -0.2) is 0 Å². The number of fused-ring (bicyclic) bond motifs is 1. The molecule has 1 nitrogen and oxygen atoms in total. The summed E-state index contributed by atoms with van der Waals surface area (Å²) in [6.07, 6.45) is 5.00. The lowest BCUT2D eigenvalue weighted by Crippen LogP contribution is -2.23. The smallest absolute Gasteiger partial charge is 0.159 e. The number of rotatable bonds is 0. The minimum absolute atomic E-state index is 0.0945. The fraction of sp³-hybridized carbons (Fsp3) is 0.727. The summed E-state index contributed by atoms with van der Waals surface area (Å²) >= 11 is 0. The van der Waals surface area contributed by atoms with Crippen LogP contribution in [0.25, 0.3) is 0 Å². The number of Topliss-reactive ketones (excluding diaryl/α,β-unsaturated/α-hetero) is 1. The van der Waals surface area contributed by atoms with Crippen LogP contribution in [0.5, 0.6) is 0 Å². The van der Waals surface area contributed by atoms with Crippen molar-refractivity contribution in [3.63, 3.8) is 0 Å². The Labute approximate surface area is 78.1 Å². The Morgan fingerprint density at radius 1 is 1.33 bits per heavy atom. The van der Waals surface area contributed by atoms with E-state index in [1.54, 1.807) is 0 Å². The maximum absolute atomic E-state index is 11.8. The quantitative estimate of drug-likeness (QED) is 0.542. The summed E-state index contributed by atoms with van der Waals surface area (Å²) in [7, 11) is 0. The van der Waals surface area contributed by atoms with Crippen LogP contribution >= 0.6 is 0 Å². The number of hydrogen-bond donors (Lipinski definition) is 0. The second-order valence-corrected chi connectivity index (χ2v) is 3.80. The molecular weight excluding hydrogens is 148 g/mol. The molecule has 66 valence electrons. The highest BCUT2D eigenvalue weighted by atomic mass is 16.1. The zero-order chi connectivity index (χ0) is 11.1. The standard InChI is InChI=1S/C11H16O/c1-8-4-2-5-9-6-3-7-10(12)11(8)9/h9H,2-7H2,1H3/i1D3. The number of carbonyl (C=O) groups excluding carboxylic acids is 1. The lowest BCUT2D eigenvalue weighted by molar-refractivity contribution is -0.117. The fourth-order valence-electron chi connectivity index (χ4n) is 2.38. The molecule has 0 amide bonds.